The van der Waals surface area contributed by atoms with Gasteiger partial charge in [-0.15, -0.1) is 0 Å². The van der Waals surface area contributed by atoms with Gasteiger partial charge in [-0.3, -0.25) is 9.48 Å². The number of nitrogens with zero attached hydrogens (tertiary/aromatic N) is 5. The van der Waals surface area contributed by atoms with Gasteiger partial charge < -0.3 is 25.0 Å². The fourth-order valence-electron chi connectivity index (χ4n) is 3.76. The lowest BCUT2D eigenvalue weighted by Crippen LogP contribution is -2.49. The number of pyridine rings is 1. The van der Waals surface area contributed by atoms with E-state index in [1.807, 2.05) is 42.1 Å². The van der Waals surface area contributed by atoms with Crippen molar-refractivity contribution >= 4 is 23.1 Å². The van der Waals surface area contributed by atoms with Crippen LogP contribution in [0.1, 0.15) is 29.3 Å². The molecular weight excluding hydrogens is 434 g/mol. The Morgan fingerprint density at radius 1 is 1.32 bits per heavy atom. The van der Waals surface area contributed by atoms with Crippen LogP contribution in [0.15, 0.2) is 42.7 Å². The number of fused-ring (bicyclic) bond motifs is 1. The third-order valence-electron chi connectivity index (χ3n) is 5.60. The van der Waals surface area contributed by atoms with Crippen molar-refractivity contribution in [3.05, 3.63) is 65.1 Å². The Labute approximate surface area is 198 Å². The maximum Gasteiger partial charge on any atom is 0.274 e. The molecule has 1 aromatic carbocycles. The van der Waals surface area contributed by atoms with E-state index in [9.17, 15) is 4.79 Å². The summed E-state index contributed by atoms with van der Waals surface area (Å²) in [6.45, 7) is 4.70. The molecule has 1 amide bonds. The van der Waals surface area contributed by atoms with Crippen molar-refractivity contribution in [3.63, 3.8) is 0 Å². The van der Waals surface area contributed by atoms with Gasteiger partial charge >= 0.3 is 0 Å². The van der Waals surface area contributed by atoms with Gasteiger partial charge in [0, 0.05) is 38.5 Å². The SMILES string of the molecule is COC(C)OC1C(=O)Nc2c(cc(NCc3cnn(Cc4cccc(C#N)c4)c3)nc2C)N1C. The van der Waals surface area contributed by atoms with Crippen molar-refractivity contribution in [1.29, 1.82) is 5.26 Å². The van der Waals surface area contributed by atoms with Crippen LogP contribution in [0.2, 0.25) is 0 Å². The van der Waals surface area contributed by atoms with Crippen molar-refractivity contribution in [3.8, 4) is 6.07 Å². The number of benzene rings is 1. The first-order valence-corrected chi connectivity index (χ1v) is 10.9. The first kappa shape index (κ1) is 23.2. The van der Waals surface area contributed by atoms with E-state index in [0.717, 1.165) is 16.8 Å². The molecule has 10 nitrogen and oxygen atoms in total. The third-order valence-corrected chi connectivity index (χ3v) is 5.60. The summed E-state index contributed by atoms with van der Waals surface area (Å²) in [6, 6.07) is 11.5. The number of hydrogen-bond acceptors (Lipinski definition) is 8. The van der Waals surface area contributed by atoms with Gasteiger partial charge in [0.25, 0.3) is 5.91 Å². The number of likely N-dealkylation sites (N-methyl/N-ethyl adjacent to an activating group) is 1. The van der Waals surface area contributed by atoms with Gasteiger partial charge in [-0.05, 0) is 31.5 Å². The van der Waals surface area contributed by atoms with E-state index >= 15 is 0 Å². The van der Waals surface area contributed by atoms with Crippen LogP contribution in [0, 0.1) is 18.3 Å². The molecule has 0 aliphatic carbocycles. The summed E-state index contributed by atoms with van der Waals surface area (Å²) in [5.41, 5.74) is 4.80. The largest absolute Gasteiger partial charge is 0.366 e. The number of amides is 1. The highest BCUT2D eigenvalue weighted by molar-refractivity contribution is 6.03. The Morgan fingerprint density at radius 3 is 2.91 bits per heavy atom. The molecule has 0 fully saturated rings. The number of aryl methyl sites for hydroxylation is 1. The van der Waals surface area contributed by atoms with Gasteiger partial charge in [0.15, 0.2) is 6.29 Å². The van der Waals surface area contributed by atoms with Crippen LogP contribution in [0.3, 0.4) is 0 Å². The number of ether oxygens (including phenoxy) is 2. The molecular formula is C24H27N7O3. The number of anilines is 3. The molecule has 10 heteroatoms. The number of aromatic nitrogens is 3. The lowest BCUT2D eigenvalue weighted by Gasteiger charge is -2.36. The highest BCUT2D eigenvalue weighted by Crippen LogP contribution is 2.35. The first-order valence-electron chi connectivity index (χ1n) is 10.9. The zero-order valence-corrected chi connectivity index (χ0v) is 19.6. The number of carbonyl (C=O) groups excluding carboxylic acids is 1. The molecule has 2 atom stereocenters. The predicted molar refractivity (Wildman–Crippen MR) is 127 cm³/mol. The Morgan fingerprint density at radius 2 is 2.15 bits per heavy atom. The number of hydrogen-bond donors (Lipinski definition) is 2. The van der Waals surface area contributed by atoms with Crippen molar-refractivity contribution in [1.82, 2.24) is 14.8 Å². The van der Waals surface area contributed by atoms with Gasteiger partial charge in [-0.25, -0.2) is 4.98 Å². The average Bonchev–Trinajstić information content (AvgIpc) is 3.28. The van der Waals surface area contributed by atoms with Crippen LogP contribution >= 0.6 is 0 Å². The van der Waals surface area contributed by atoms with Crippen molar-refractivity contribution in [2.45, 2.75) is 39.5 Å². The van der Waals surface area contributed by atoms with Gasteiger partial charge in [0.05, 0.1) is 41.4 Å². The third kappa shape index (κ3) is 5.01. The smallest absolute Gasteiger partial charge is 0.274 e. The predicted octanol–water partition coefficient (Wildman–Crippen LogP) is 2.84. The summed E-state index contributed by atoms with van der Waals surface area (Å²) in [4.78, 5) is 18.9. The average molecular weight is 462 g/mol. The summed E-state index contributed by atoms with van der Waals surface area (Å²) in [5, 5.41) is 19.7. The topological polar surface area (TPSA) is 117 Å². The molecule has 2 aromatic heterocycles. The molecule has 3 aromatic rings. The molecule has 1 aliphatic rings. The zero-order valence-electron chi connectivity index (χ0n) is 19.6. The molecule has 0 saturated heterocycles. The fraction of sp³-hybridized carbons (Fsp3) is 0.333. The number of nitriles is 1. The molecule has 4 rings (SSSR count). The Bertz CT molecular complexity index is 1230. The van der Waals surface area contributed by atoms with Crippen LogP contribution < -0.4 is 15.5 Å². The standard InChI is InChI=1S/C24H27N7O3/c1-15-22-20(30(3)24(23(32)29-22)34-16(2)33-4)9-21(28-15)26-11-19-12-27-31(14-19)13-18-7-5-6-17(8-18)10-25/h5-9,12,14,16,24H,11,13H2,1-4H3,(H,26,28)(H,29,32). The van der Waals surface area contributed by atoms with E-state index in [4.69, 9.17) is 14.7 Å². The van der Waals surface area contributed by atoms with Gasteiger partial charge in [0.2, 0.25) is 6.23 Å². The maximum atomic E-state index is 12.5. The summed E-state index contributed by atoms with van der Waals surface area (Å²) >= 11 is 0. The number of carbonyl (C=O) groups is 1. The second-order valence-corrected chi connectivity index (χ2v) is 8.09. The van der Waals surface area contributed by atoms with Crippen molar-refractivity contribution in [2.24, 2.45) is 0 Å². The molecule has 176 valence electrons. The Hall–Kier alpha value is -3.94. The Kier molecular flexibility index (Phi) is 6.77. The van der Waals surface area contributed by atoms with E-state index in [0.29, 0.717) is 35.9 Å². The monoisotopic (exact) mass is 461 g/mol. The highest BCUT2D eigenvalue weighted by atomic mass is 16.7. The number of methoxy groups -OCH3 is 1. The molecule has 0 bridgehead atoms. The molecule has 2 N–H and O–H groups in total. The molecule has 0 radical (unpaired) electrons. The Balaban J connectivity index is 1.45. The minimum Gasteiger partial charge on any atom is -0.366 e. The number of rotatable bonds is 8. The molecule has 1 aliphatic heterocycles. The van der Waals surface area contributed by atoms with Crippen molar-refractivity contribution in [2.75, 3.05) is 29.7 Å². The molecule has 2 unspecified atom stereocenters. The molecule has 0 spiro atoms. The molecule has 34 heavy (non-hydrogen) atoms. The quantitative estimate of drug-likeness (QED) is 0.492. The van der Waals surface area contributed by atoms with Crippen LogP contribution in [-0.4, -0.2) is 47.3 Å². The van der Waals surface area contributed by atoms with E-state index in [2.05, 4.69) is 26.8 Å². The summed E-state index contributed by atoms with van der Waals surface area (Å²) < 4.78 is 12.7. The minimum atomic E-state index is -0.810. The van der Waals surface area contributed by atoms with Crippen LogP contribution in [-0.2, 0) is 27.4 Å². The minimum absolute atomic E-state index is 0.266. The maximum absolute atomic E-state index is 12.5. The second kappa shape index (κ2) is 9.91. The van der Waals surface area contributed by atoms with Gasteiger partial charge in [0.1, 0.15) is 5.82 Å². The van der Waals surface area contributed by atoms with Gasteiger partial charge in [-0.1, -0.05) is 12.1 Å². The summed E-state index contributed by atoms with van der Waals surface area (Å²) in [7, 11) is 3.33. The second-order valence-electron chi connectivity index (χ2n) is 8.09. The van der Waals surface area contributed by atoms with Crippen LogP contribution in [0.4, 0.5) is 17.2 Å². The fourth-order valence-corrected chi connectivity index (χ4v) is 3.76. The van der Waals surface area contributed by atoms with Crippen molar-refractivity contribution < 1.29 is 14.3 Å². The van der Waals surface area contributed by atoms with E-state index in [-0.39, 0.29) is 5.91 Å². The number of nitrogens with one attached hydrogen (secondary N) is 2. The zero-order chi connectivity index (χ0) is 24.2. The summed E-state index contributed by atoms with van der Waals surface area (Å²) in [6.07, 6.45) is 2.42. The van der Waals surface area contributed by atoms with Gasteiger partial charge in [-0.2, -0.15) is 10.4 Å². The van der Waals surface area contributed by atoms with E-state index < -0.39 is 12.5 Å². The van der Waals surface area contributed by atoms with Crippen LogP contribution in [0.25, 0.3) is 0 Å². The molecule has 0 saturated carbocycles. The van der Waals surface area contributed by atoms with E-state index in [1.165, 1.54) is 7.11 Å². The molecule has 3 heterocycles. The van der Waals surface area contributed by atoms with Crippen LogP contribution in [0.5, 0.6) is 0 Å². The first-order chi connectivity index (χ1) is 16.4. The summed E-state index contributed by atoms with van der Waals surface area (Å²) in [5.74, 6) is 0.407. The lowest BCUT2D eigenvalue weighted by molar-refractivity contribution is -0.160. The lowest BCUT2D eigenvalue weighted by atomic mass is 10.1. The highest BCUT2D eigenvalue weighted by Gasteiger charge is 2.34. The van der Waals surface area contributed by atoms with E-state index in [1.54, 1.807) is 31.1 Å². The normalized spacial score (nSPS) is 15.9.